The summed E-state index contributed by atoms with van der Waals surface area (Å²) in [6, 6.07) is 3.72. The molecule has 50 heavy (non-hydrogen) atoms. The molecule has 2 aromatic carbocycles. The highest BCUT2D eigenvalue weighted by Gasteiger charge is 2.46. The highest BCUT2D eigenvalue weighted by atomic mass is 32.2. The molecule has 10 nitrogen and oxygen atoms in total. The van der Waals surface area contributed by atoms with Crippen LogP contribution in [-0.2, 0) is 46.5 Å². The molecule has 0 saturated heterocycles. The zero-order valence-corrected chi connectivity index (χ0v) is 32.6. The first-order chi connectivity index (χ1) is 22.8. The number of allylic oxidation sites excluding steroid dienone is 2. The van der Waals surface area contributed by atoms with Crippen molar-refractivity contribution < 1.29 is 26.7 Å². The lowest BCUT2D eigenvalue weighted by Gasteiger charge is -2.49. The highest BCUT2D eigenvalue weighted by Crippen LogP contribution is 2.55. The normalized spacial score (nSPS) is 23.9. The maximum absolute atomic E-state index is 14.7. The minimum atomic E-state index is -3.81. The summed E-state index contributed by atoms with van der Waals surface area (Å²) >= 11 is 0. The van der Waals surface area contributed by atoms with Gasteiger partial charge in [-0.3, -0.25) is 14.2 Å². The average Bonchev–Trinajstić information content (AvgIpc) is 2.95. The summed E-state index contributed by atoms with van der Waals surface area (Å²) in [5.41, 5.74) is 3.81. The SMILES string of the molecule is CC1(C)CCN2CCC(C)(C)c3c(NS(C)(=O)=O)c(C4=C([O-])/C(=c5/cc6c7c(c5NS(C)(=O)=O)C(C)(C)CC[N+]=7CCC6(C)C)C4=O)cc1c32. The molecule has 0 unspecified atom stereocenters. The largest absolute Gasteiger partial charge is 0.871 e. The Labute approximate surface area is 296 Å². The summed E-state index contributed by atoms with van der Waals surface area (Å²) < 4.78 is 59.7. The second-order valence-corrected chi connectivity index (χ2v) is 21.3. The fourth-order valence-corrected chi connectivity index (χ4v) is 10.2. The molecule has 0 radical (unpaired) electrons. The van der Waals surface area contributed by atoms with E-state index in [4.69, 9.17) is 0 Å². The molecule has 0 aromatic heterocycles. The molecule has 0 amide bonds. The Hall–Kier alpha value is -3.38. The fraction of sp³-hybridized carbons (Fsp3) is 0.579. The number of Topliss-reactive ketones (excluding diaryl/α,β-unsaturated/α-hetero) is 1. The third-order valence-corrected chi connectivity index (χ3v) is 13.2. The van der Waals surface area contributed by atoms with Gasteiger partial charge in [0.2, 0.25) is 25.4 Å². The number of nitrogens with zero attached hydrogens (tertiary/aromatic N) is 2. The van der Waals surface area contributed by atoms with Crippen LogP contribution in [0.25, 0.3) is 11.1 Å². The van der Waals surface area contributed by atoms with Gasteiger partial charge in [0.1, 0.15) is 13.1 Å². The number of anilines is 3. The molecule has 270 valence electrons. The maximum atomic E-state index is 14.7. The molecule has 4 heterocycles. The van der Waals surface area contributed by atoms with E-state index in [0.29, 0.717) is 0 Å². The molecule has 4 aliphatic heterocycles. The topological polar surface area (TPSA) is 139 Å². The van der Waals surface area contributed by atoms with Crippen molar-refractivity contribution in [3.05, 3.63) is 56.3 Å². The van der Waals surface area contributed by atoms with Gasteiger partial charge in [0.05, 0.1) is 29.4 Å². The van der Waals surface area contributed by atoms with E-state index in [0.717, 1.165) is 97.7 Å². The van der Waals surface area contributed by atoms with E-state index in [2.05, 4.69) is 74.3 Å². The van der Waals surface area contributed by atoms with Crippen molar-refractivity contribution in [2.45, 2.75) is 103 Å². The van der Waals surface area contributed by atoms with Crippen LogP contribution in [0.1, 0.15) is 109 Å². The van der Waals surface area contributed by atoms with E-state index in [9.17, 15) is 26.7 Å². The molecule has 0 saturated carbocycles. The van der Waals surface area contributed by atoms with Gasteiger partial charge in [0.15, 0.2) is 5.78 Å². The van der Waals surface area contributed by atoms with Crippen molar-refractivity contribution in [3.63, 3.8) is 0 Å². The van der Waals surface area contributed by atoms with Gasteiger partial charge >= 0.3 is 0 Å². The van der Waals surface area contributed by atoms with E-state index in [-0.39, 0.29) is 44.1 Å². The Kier molecular flexibility index (Phi) is 7.42. The van der Waals surface area contributed by atoms with Crippen LogP contribution in [0.4, 0.5) is 17.1 Å². The first-order valence-electron chi connectivity index (χ1n) is 17.6. The van der Waals surface area contributed by atoms with E-state index in [1.54, 1.807) is 0 Å². The summed E-state index contributed by atoms with van der Waals surface area (Å²) in [5.74, 6) is -1.03. The van der Waals surface area contributed by atoms with Crippen molar-refractivity contribution in [2.24, 2.45) is 0 Å². The zero-order valence-electron chi connectivity index (χ0n) is 31.0. The third kappa shape index (κ3) is 5.30. The predicted octanol–water partition coefficient (Wildman–Crippen LogP) is 2.96. The van der Waals surface area contributed by atoms with Crippen LogP contribution in [0.5, 0.6) is 0 Å². The fourth-order valence-electron chi connectivity index (χ4n) is 9.06. The van der Waals surface area contributed by atoms with Crippen molar-refractivity contribution in [2.75, 3.05) is 53.0 Å². The zero-order chi connectivity index (χ0) is 36.7. The van der Waals surface area contributed by atoms with Gasteiger partial charge in [-0.2, -0.15) is 0 Å². The molecule has 12 heteroatoms. The molecule has 5 aliphatic rings. The van der Waals surface area contributed by atoms with Gasteiger partial charge in [-0.25, -0.2) is 21.4 Å². The summed E-state index contributed by atoms with van der Waals surface area (Å²) in [7, 11) is -7.63. The average molecular weight is 723 g/mol. The van der Waals surface area contributed by atoms with Crippen molar-refractivity contribution in [3.8, 4) is 0 Å². The third-order valence-electron chi connectivity index (χ3n) is 12.1. The molecule has 0 spiro atoms. The Morgan fingerprint density at radius 3 is 1.80 bits per heavy atom. The minimum absolute atomic E-state index is 0.0729. The molecular weight excluding hydrogens is 673 g/mol. The first kappa shape index (κ1) is 35.0. The summed E-state index contributed by atoms with van der Waals surface area (Å²) in [5, 5.41) is 15.9. The van der Waals surface area contributed by atoms with Gasteiger partial charge in [-0.05, 0) is 41.4 Å². The molecule has 2 N–H and O–H groups in total. The van der Waals surface area contributed by atoms with Gasteiger partial charge < -0.3 is 10.0 Å². The number of sulfonamides is 2. The monoisotopic (exact) mass is 722 g/mol. The number of ketones is 1. The Balaban J connectivity index is 1.61. The van der Waals surface area contributed by atoms with Crippen LogP contribution < -0.4 is 34.6 Å². The first-order valence-corrected chi connectivity index (χ1v) is 21.4. The highest BCUT2D eigenvalue weighted by molar-refractivity contribution is 7.92. The van der Waals surface area contributed by atoms with Crippen LogP contribution in [0, 0.1) is 0 Å². The van der Waals surface area contributed by atoms with Crippen molar-refractivity contribution >= 4 is 54.0 Å². The molecule has 2 aromatic rings. The Bertz CT molecular complexity index is 2310. The van der Waals surface area contributed by atoms with Crippen LogP contribution in [0.3, 0.4) is 0 Å². The molecule has 0 fully saturated rings. The van der Waals surface area contributed by atoms with Crippen LogP contribution in [0.15, 0.2) is 17.9 Å². The summed E-state index contributed by atoms with van der Waals surface area (Å²) in [4.78, 5) is 17.0. The van der Waals surface area contributed by atoms with Gasteiger partial charge in [-0.15, -0.1) is 0 Å². The van der Waals surface area contributed by atoms with Crippen molar-refractivity contribution in [1.82, 2.24) is 4.58 Å². The Morgan fingerprint density at radius 1 is 0.700 bits per heavy atom. The van der Waals surface area contributed by atoms with Gasteiger partial charge in [0, 0.05) is 75.5 Å². The second-order valence-electron chi connectivity index (χ2n) is 17.8. The molecular formula is C38H50N4O6S2. The van der Waals surface area contributed by atoms with Crippen LogP contribution in [0.2, 0.25) is 0 Å². The molecule has 0 bridgehead atoms. The van der Waals surface area contributed by atoms with Crippen LogP contribution >= 0.6 is 0 Å². The summed E-state index contributed by atoms with van der Waals surface area (Å²) in [6.07, 6.45) is 5.46. The van der Waals surface area contributed by atoms with E-state index in [1.165, 1.54) is 0 Å². The number of carbonyl (C=O) groups is 1. The standard InChI is InChI=1S/C38H50N4O6S2/c1-35(2)11-15-41-17-13-37(5,6)27-29(39-49(9,45)46)21(19-23(35)31(27)41)25-33(43)26(34(25)44)22-20-24-32-28(30(22)40-50(10,47)48)38(7,8)14-18-42(32)16-12-36(24,3)4/h19-20H,11-18H2,1-10H3,(H2,39,40,43,44). The smallest absolute Gasteiger partial charge is 0.229 e. The number of nitrogens with one attached hydrogen (secondary N) is 2. The number of hydrogen-bond acceptors (Lipinski definition) is 7. The number of benzene rings is 2. The maximum Gasteiger partial charge on any atom is 0.229 e. The van der Waals surface area contributed by atoms with E-state index >= 15 is 0 Å². The summed E-state index contributed by atoms with van der Waals surface area (Å²) in [6.45, 7) is 20.2. The Morgan fingerprint density at radius 2 is 1.22 bits per heavy atom. The molecule has 0 atom stereocenters. The van der Waals surface area contributed by atoms with Crippen molar-refractivity contribution in [1.29, 1.82) is 0 Å². The van der Waals surface area contributed by atoms with Gasteiger partial charge in [0.25, 0.3) is 0 Å². The lowest BCUT2D eigenvalue weighted by atomic mass is 9.67. The number of rotatable bonds is 5. The minimum Gasteiger partial charge on any atom is -0.871 e. The number of carbonyl (C=O) groups excluding carboxylic acids is 1. The molecule has 1 aliphatic carbocycles. The lowest BCUT2D eigenvalue weighted by molar-refractivity contribution is -0.292. The van der Waals surface area contributed by atoms with Crippen LogP contribution in [-0.4, -0.2) is 61.3 Å². The quantitative estimate of drug-likeness (QED) is 0.453. The van der Waals surface area contributed by atoms with E-state index < -0.39 is 42.4 Å². The molecule has 7 rings (SSSR count). The lowest BCUT2D eigenvalue weighted by Crippen LogP contribution is -2.54. The van der Waals surface area contributed by atoms with Gasteiger partial charge in [-0.1, -0.05) is 61.1 Å². The van der Waals surface area contributed by atoms with E-state index in [1.807, 2.05) is 12.1 Å². The predicted molar refractivity (Wildman–Crippen MR) is 198 cm³/mol. The number of hydrogen-bond donors (Lipinski definition) is 2. The second kappa shape index (κ2) is 10.6.